The van der Waals surface area contributed by atoms with E-state index in [9.17, 15) is 0 Å². The molecule has 0 spiro atoms. The second kappa shape index (κ2) is 6.41. The van der Waals surface area contributed by atoms with Crippen molar-refractivity contribution >= 4 is 15.9 Å². The van der Waals surface area contributed by atoms with Crippen molar-refractivity contribution in [3.8, 4) is 0 Å². The van der Waals surface area contributed by atoms with Crippen LogP contribution in [0.15, 0.2) is 28.7 Å². The van der Waals surface area contributed by atoms with Crippen molar-refractivity contribution in [1.82, 2.24) is 5.32 Å². The van der Waals surface area contributed by atoms with Crippen LogP contribution in [0.1, 0.15) is 26.3 Å². The van der Waals surface area contributed by atoms with Crippen LogP contribution < -0.4 is 5.32 Å². The molecule has 0 radical (unpaired) electrons. The number of hydrogen-bond acceptors (Lipinski definition) is 1. The molecule has 0 aliphatic carbocycles. The van der Waals surface area contributed by atoms with Crippen LogP contribution in [0.25, 0.3) is 0 Å². The lowest BCUT2D eigenvalue weighted by molar-refractivity contribution is 0.300. The van der Waals surface area contributed by atoms with E-state index in [4.69, 9.17) is 0 Å². The van der Waals surface area contributed by atoms with Crippen molar-refractivity contribution in [1.29, 1.82) is 0 Å². The fourth-order valence-electron chi connectivity index (χ4n) is 2.10. The normalized spacial score (nSPS) is 15.1. The number of halogens is 1. The van der Waals surface area contributed by atoms with Gasteiger partial charge >= 0.3 is 0 Å². The highest BCUT2D eigenvalue weighted by Crippen LogP contribution is 2.22. The van der Waals surface area contributed by atoms with Gasteiger partial charge in [0.25, 0.3) is 0 Å². The first kappa shape index (κ1) is 13.7. The van der Waals surface area contributed by atoms with Crippen molar-refractivity contribution < 1.29 is 0 Å². The molecule has 0 heterocycles. The average molecular weight is 284 g/mol. The summed E-state index contributed by atoms with van der Waals surface area (Å²) >= 11 is 3.47. The van der Waals surface area contributed by atoms with Crippen LogP contribution in [0.4, 0.5) is 0 Å². The molecular formula is C14H22BrN. The van der Waals surface area contributed by atoms with Gasteiger partial charge in [-0.25, -0.2) is 0 Å². The molecule has 0 saturated carbocycles. The number of benzene rings is 1. The minimum atomic E-state index is 0.559. The van der Waals surface area contributed by atoms with E-state index in [0.29, 0.717) is 17.9 Å². The zero-order chi connectivity index (χ0) is 12.1. The quantitative estimate of drug-likeness (QED) is 0.865. The van der Waals surface area contributed by atoms with Crippen molar-refractivity contribution in [3.05, 3.63) is 34.3 Å². The van der Waals surface area contributed by atoms with Crippen molar-refractivity contribution in [3.63, 3.8) is 0 Å². The molecule has 1 rings (SSSR count). The molecule has 16 heavy (non-hydrogen) atoms. The predicted molar refractivity (Wildman–Crippen MR) is 74.7 cm³/mol. The van der Waals surface area contributed by atoms with E-state index in [2.05, 4.69) is 66.3 Å². The van der Waals surface area contributed by atoms with Gasteiger partial charge in [-0.3, -0.25) is 0 Å². The van der Waals surface area contributed by atoms with Crippen molar-refractivity contribution in [2.45, 2.75) is 33.2 Å². The summed E-state index contributed by atoms with van der Waals surface area (Å²) in [6, 6.07) is 9.22. The molecule has 2 unspecified atom stereocenters. The maximum Gasteiger partial charge on any atom is 0.0175 e. The molecule has 1 nitrogen and oxygen atoms in total. The molecule has 0 saturated heterocycles. The Morgan fingerprint density at radius 1 is 1.12 bits per heavy atom. The first-order valence-corrected chi connectivity index (χ1v) is 6.75. The molecule has 0 aromatic heterocycles. The molecule has 2 heteroatoms. The van der Waals surface area contributed by atoms with E-state index >= 15 is 0 Å². The third-order valence-corrected chi connectivity index (χ3v) is 3.87. The number of nitrogens with one attached hydrogen (secondary N) is 1. The number of rotatable bonds is 5. The van der Waals surface area contributed by atoms with Gasteiger partial charge in [-0.2, -0.15) is 0 Å². The van der Waals surface area contributed by atoms with E-state index in [0.717, 1.165) is 10.9 Å². The first-order chi connectivity index (χ1) is 7.54. The van der Waals surface area contributed by atoms with Gasteiger partial charge in [0.05, 0.1) is 0 Å². The van der Waals surface area contributed by atoms with E-state index in [1.807, 2.05) is 7.05 Å². The van der Waals surface area contributed by atoms with E-state index < -0.39 is 0 Å². The average Bonchev–Trinajstić information content (AvgIpc) is 2.27. The van der Waals surface area contributed by atoms with Crippen molar-refractivity contribution in [2.24, 2.45) is 11.8 Å². The molecule has 1 aromatic rings. The summed E-state index contributed by atoms with van der Waals surface area (Å²) in [6.07, 6.45) is 1.15. The van der Waals surface area contributed by atoms with Gasteiger partial charge in [0, 0.05) is 10.5 Å². The Balaban J connectivity index is 2.71. The summed E-state index contributed by atoms with van der Waals surface area (Å²) in [4.78, 5) is 0. The molecule has 0 aliphatic heterocycles. The lowest BCUT2D eigenvalue weighted by Gasteiger charge is -2.27. The Labute approximate surface area is 108 Å². The van der Waals surface area contributed by atoms with E-state index in [-0.39, 0.29) is 0 Å². The number of hydrogen-bond donors (Lipinski definition) is 1. The summed E-state index contributed by atoms with van der Waals surface area (Å²) in [5.74, 6) is 1.39. The lowest BCUT2D eigenvalue weighted by Crippen LogP contribution is -2.35. The highest BCUT2D eigenvalue weighted by Gasteiger charge is 2.19. The van der Waals surface area contributed by atoms with Gasteiger partial charge in [0.1, 0.15) is 0 Å². The van der Waals surface area contributed by atoms with Crippen LogP contribution in [-0.4, -0.2) is 13.1 Å². The molecule has 0 fully saturated rings. The Morgan fingerprint density at radius 3 is 2.12 bits per heavy atom. The minimum absolute atomic E-state index is 0.559. The first-order valence-electron chi connectivity index (χ1n) is 5.96. The Morgan fingerprint density at radius 2 is 1.69 bits per heavy atom. The third-order valence-electron chi connectivity index (χ3n) is 3.34. The van der Waals surface area contributed by atoms with Crippen LogP contribution >= 0.6 is 15.9 Å². The van der Waals surface area contributed by atoms with E-state index in [1.165, 1.54) is 5.56 Å². The summed E-state index contributed by atoms with van der Waals surface area (Å²) in [5, 5.41) is 3.37. The van der Waals surface area contributed by atoms with Crippen molar-refractivity contribution in [2.75, 3.05) is 7.05 Å². The molecule has 2 atom stereocenters. The van der Waals surface area contributed by atoms with Gasteiger partial charge in [0.15, 0.2) is 0 Å². The van der Waals surface area contributed by atoms with Gasteiger partial charge in [-0.1, -0.05) is 41.9 Å². The monoisotopic (exact) mass is 283 g/mol. The molecule has 90 valence electrons. The maximum atomic E-state index is 3.47. The standard InChI is InChI=1S/C14H22BrN/c1-10(2)14(11(3)16-4)9-12-5-7-13(15)8-6-12/h5-8,10-11,14,16H,9H2,1-4H3. The van der Waals surface area contributed by atoms with E-state index in [1.54, 1.807) is 0 Å². The summed E-state index contributed by atoms with van der Waals surface area (Å²) in [5.41, 5.74) is 1.42. The van der Waals surface area contributed by atoms with Crippen LogP contribution in [0.5, 0.6) is 0 Å². The van der Waals surface area contributed by atoms with Gasteiger partial charge in [-0.05, 0) is 49.9 Å². The summed E-state index contributed by atoms with van der Waals surface area (Å²) in [6.45, 7) is 6.87. The Kier molecular flexibility index (Phi) is 5.50. The van der Waals surface area contributed by atoms with Gasteiger partial charge < -0.3 is 5.32 Å². The molecule has 1 N–H and O–H groups in total. The highest BCUT2D eigenvalue weighted by molar-refractivity contribution is 9.10. The minimum Gasteiger partial charge on any atom is -0.317 e. The molecular weight excluding hydrogens is 262 g/mol. The Bertz CT molecular complexity index is 305. The highest BCUT2D eigenvalue weighted by atomic mass is 79.9. The second-order valence-electron chi connectivity index (χ2n) is 4.82. The smallest absolute Gasteiger partial charge is 0.0175 e. The third kappa shape index (κ3) is 3.91. The lowest BCUT2D eigenvalue weighted by atomic mass is 9.84. The van der Waals surface area contributed by atoms with Crippen LogP contribution in [-0.2, 0) is 6.42 Å². The second-order valence-corrected chi connectivity index (χ2v) is 5.73. The van der Waals surface area contributed by atoms with Crippen LogP contribution in [0.2, 0.25) is 0 Å². The topological polar surface area (TPSA) is 12.0 Å². The zero-order valence-corrected chi connectivity index (χ0v) is 12.2. The Hall–Kier alpha value is -0.340. The van der Waals surface area contributed by atoms with Gasteiger partial charge in [0.2, 0.25) is 0 Å². The predicted octanol–water partition coefficient (Wildman–Crippen LogP) is 3.87. The fraction of sp³-hybridized carbons (Fsp3) is 0.571. The van der Waals surface area contributed by atoms with Crippen LogP contribution in [0.3, 0.4) is 0 Å². The molecule has 0 bridgehead atoms. The molecule has 0 amide bonds. The fourth-order valence-corrected chi connectivity index (χ4v) is 2.36. The largest absolute Gasteiger partial charge is 0.317 e. The maximum absolute atomic E-state index is 3.47. The summed E-state index contributed by atoms with van der Waals surface area (Å²) < 4.78 is 1.15. The molecule has 1 aromatic carbocycles. The van der Waals surface area contributed by atoms with Gasteiger partial charge in [-0.15, -0.1) is 0 Å². The zero-order valence-electron chi connectivity index (χ0n) is 10.6. The SMILES string of the molecule is CNC(C)C(Cc1ccc(Br)cc1)C(C)C. The summed E-state index contributed by atoms with van der Waals surface area (Å²) in [7, 11) is 2.04. The molecule has 0 aliphatic rings. The van der Waals surface area contributed by atoms with Crippen LogP contribution in [0, 0.1) is 11.8 Å².